The van der Waals surface area contributed by atoms with Crippen LogP contribution < -0.4 is 16.0 Å². The molecule has 0 aromatic rings. The molecule has 0 radical (unpaired) electrons. The summed E-state index contributed by atoms with van der Waals surface area (Å²) in [5.41, 5.74) is 0. The van der Waals surface area contributed by atoms with Gasteiger partial charge >= 0.3 is 0 Å². The van der Waals surface area contributed by atoms with Crippen molar-refractivity contribution in [3.05, 3.63) is 0 Å². The molecule has 2 aliphatic rings. The summed E-state index contributed by atoms with van der Waals surface area (Å²) in [5, 5.41) is 39.2. The highest BCUT2D eigenvalue weighted by atomic mass is 16.7. The molecule has 0 spiro atoms. The molecule has 2 heterocycles. The Bertz CT molecular complexity index is 648. The number of ether oxygens (including phenoxy) is 3. The molecule has 12 nitrogen and oxygen atoms in total. The first-order valence-corrected chi connectivity index (χ1v) is 9.74. The zero-order valence-electron chi connectivity index (χ0n) is 17.6. The van der Waals surface area contributed by atoms with Gasteiger partial charge in [-0.15, -0.1) is 0 Å². The van der Waals surface area contributed by atoms with Gasteiger partial charge in [0.2, 0.25) is 17.7 Å². The van der Waals surface area contributed by atoms with Gasteiger partial charge in [0.05, 0.1) is 18.2 Å². The summed E-state index contributed by atoms with van der Waals surface area (Å²) >= 11 is 0. The number of aliphatic hydroxyl groups is 3. The zero-order valence-corrected chi connectivity index (χ0v) is 17.6. The lowest BCUT2D eigenvalue weighted by atomic mass is 9.93. The van der Waals surface area contributed by atoms with Crippen molar-refractivity contribution < 1.29 is 43.9 Å². The van der Waals surface area contributed by atoms with Crippen molar-refractivity contribution in [2.75, 3.05) is 0 Å². The number of carbonyl (C=O) groups excluding carboxylic acids is 3. The lowest BCUT2D eigenvalue weighted by Crippen LogP contribution is -2.70. The van der Waals surface area contributed by atoms with Gasteiger partial charge in [-0.3, -0.25) is 14.4 Å². The van der Waals surface area contributed by atoms with Crippen molar-refractivity contribution in [1.82, 2.24) is 16.0 Å². The maximum Gasteiger partial charge on any atom is 0.217 e. The molecule has 30 heavy (non-hydrogen) atoms. The molecule has 0 bridgehead atoms. The van der Waals surface area contributed by atoms with Gasteiger partial charge in [-0.2, -0.15) is 0 Å². The Morgan fingerprint density at radius 3 is 1.77 bits per heavy atom. The number of nitrogens with one attached hydrogen (secondary N) is 3. The predicted molar refractivity (Wildman–Crippen MR) is 101 cm³/mol. The van der Waals surface area contributed by atoms with Crippen LogP contribution in [-0.4, -0.2) is 94.3 Å². The molecule has 0 saturated carbocycles. The second-order valence-electron chi connectivity index (χ2n) is 7.70. The molecule has 0 aromatic heterocycles. The lowest BCUT2D eigenvalue weighted by molar-refractivity contribution is -0.307. The van der Waals surface area contributed by atoms with Gasteiger partial charge < -0.3 is 45.5 Å². The molecule has 0 unspecified atom stereocenters. The van der Waals surface area contributed by atoms with E-state index in [0.29, 0.717) is 0 Å². The average Bonchev–Trinajstić information content (AvgIpc) is 2.62. The van der Waals surface area contributed by atoms with Crippen molar-refractivity contribution in [1.29, 1.82) is 0 Å². The van der Waals surface area contributed by atoms with Crippen LogP contribution in [0, 0.1) is 0 Å². The number of aliphatic hydroxyl groups excluding tert-OH is 3. The highest BCUT2D eigenvalue weighted by Crippen LogP contribution is 2.28. The fourth-order valence-electron chi connectivity index (χ4n) is 3.72. The third kappa shape index (κ3) is 5.65. The average molecular weight is 433 g/mol. The monoisotopic (exact) mass is 433 g/mol. The Kier molecular flexibility index (Phi) is 8.13. The highest BCUT2D eigenvalue weighted by molar-refractivity contribution is 5.74. The molecular weight excluding hydrogens is 402 g/mol. The predicted octanol–water partition coefficient (Wildman–Crippen LogP) is -2.91. The van der Waals surface area contributed by atoms with E-state index in [0.717, 1.165) is 0 Å². The molecule has 2 fully saturated rings. The van der Waals surface area contributed by atoms with E-state index in [1.54, 1.807) is 6.92 Å². The fraction of sp³-hybridized carbons (Fsp3) is 0.833. The van der Waals surface area contributed by atoms with Crippen LogP contribution in [0.1, 0.15) is 34.6 Å². The molecular formula is C18H31N3O9. The van der Waals surface area contributed by atoms with Gasteiger partial charge in [0.15, 0.2) is 12.6 Å². The van der Waals surface area contributed by atoms with E-state index in [1.807, 2.05) is 0 Å². The quantitative estimate of drug-likeness (QED) is 0.265. The normalized spacial score (nSPS) is 41.6. The molecule has 172 valence electrons. The van der Waals surface area contributed by atoms with E-state index in [9.17, 15) is 29.7 Å². The minimum Gasteiger partial charge on any atom is -0.389 e. The van der Waals surface area contributed by atoms with Crippen LogP contribution in [0.2, 0.25) is 0 Å². The summed E-state index contributed by atoms with van der Waals surface area (Å²) in [5.74, 6) is -1.36. The first kappa shape index (κ1) is 24.4. The zero-order chi connectivity index (χ0) is 22.7. The van der Waals surface area contributed by atoms with Gasteiger partial charge in [0.25, 0.3) is 0 Å². The number of carbonyl (C=O) groups is 3. The standard InChI is InChI=1S/C18H31N3O9/c1-6-11(19-8(3)22)15(26)12(20-9(4)23)18(29-6)30-16-13(21-10(5)24)17(27)28-7(2)14(16)25/h6-7,11-18,25-27H,1-5H3,(H,19,22)(H,20,23)(H,21,24)/t6-,7+,11-,12-,13+,14-,15+,16+,17-,18+/m1/s1. The van der Waals surface area contributed by atoms with E-state index in [2.05, 4.69) is 16.0 Å². The summed E-state index contributed by atoms with van der Waals surface area (Å²) in [7, 11) is 0. The number of hydrogen-bond acceptors (Lipinski definition) is 9. The van der Waals surface area contributed by atoms with Crippen molar-refractivity contribution in [2.45, 2.75) is 95.8 Å². The van der Waals surface area contributed by atoms with E-state index < -0.39 is 78.9 Å². The SMILES string of the molecule is CC(=O)N[C@H]1[C@H](O[C@@H]2[C@H](O)[C@H](C)O[C@@H](O)[C@H]2NC(C)=O)O[C@H](C)[C@@H](NC(C)=O)[C@@H]1O. The number of amides is 3. The smallest absolute Gasteiger partial charge is 0.217 e. The lowest BCUT2D eigenvalue weighted by Gasteiger charge is -2.48. The van der Waals surface area contributed by atoms with Crippen LogP contribution in [0.4, 0.5) is 0 Å². The molecule has 0 aliphatic carbocycles. The van der Waals surface area contributed by atoms with Crippen molar-refractivity contribution in [2.24, 2.45) is 0 Å². The number of rotatable bonds is 5. The fourth-order valence-corrected chi connectivity index (χ4v) is 3.72. The maximum absolute atomic E-state index is 11.7. The van der Waals surface area contributed by atoms with Crippen LogP contribution in [0.3, 0.4) is 0 Å². The van der Waals surface area contributed by atoms with Crippen LogP contribution in [-0.2, 0) is 28.6 Å². The Morgan fingerprint density at radius 2 is 1.23 bits per heavy atom. The summed E-state index contributed by atoms with van der Waals surface area (Å²) in [4.78, 5) is 34.7. The second kappa shape index (κ2) is 9.98. The van der Waals surface area contributed by atoms with Gasteiger partial charge in [-0.05, 0) is 13.8 Å². The third-order valence-electron chi connectivity index (χ3n) is 5.12. The topological polar surface area (TPSA) is 176 Å². The Hall–Kier alpha value is -1.83. The minimum atomic E-state index is -1.46. The van der Waals surface area contributed by atoms with Crippen molar-refractivity contribution in [3.63, 3.8) is 0 Å². The summed E-state index contributed by atoms with van der Waals surface area (Å²) in [6, 6.07) is -3.05. The number of hydrogen-bond donors (Lipinski definition) is 6. The van der Waals surface area contributed by atoms with Crippen LogP contribution in [0.15, 0.2) is 0 Å². The second-order valence-corrected chi connectivity index (χ2v) is 7.70. The largest absolute Gasteiger partial charge is 0.389 e. The Labute approximate surface area is 174 Å². The van der Waals surface area contributed by atoms with Crippen LogP contribution in [0.5, 0.6) is 0 Å². The molecule has 0 aromatic carbocycles. The molecule has 2 saturated heterocycles. The minimum absolute atomic E-state index is 0.391. The van der Waals surface area contributed by atoms with Gasteiger partial charge in [0, 0.05) is 20.8 Å². The van der Waals surface area contributed by atoms with Gasteiger partial charge in [0.1, 0.15) is 30.4 Å². The van der Waals surface area contributed by atoms with Crippen LogP contribution >= 0.6 is 0 Å². The van der Waals surface area contributed by atoms with E-state index in [-0.39, 0.29) is 0 Å². The first-order valence-electron chi connectivity index (χ1n) is 9.74. The molecule has 6 N–H and O–H groups in total. The van der Waals surface area contributed by atoms with Crippen molar-refractivity contribution in [3.8, 4) is 0 Å². The Morgan fingerprint density at radius 1 is 0.733 bits per heavy atom. The summed E-state index contributed by atoms with van der Waals surface area (Å²) < 4.78 is 16.9. The summed E-state index contributed by atoms with van der Waals surface area (Å²) in [6.45, 7) is 6.88. The molecule has 2 rings (SSSR count). The first-order chi connectivity index (χ1) is 13.9. The molecule has 2 aliphatic heterocycles. The maximum atomic E-state index is 11.7. The molecule has 10 atom stereocenters. The van der Waals surface area contributed by atoms with Gasteiger partial charge in [-0.1, -0.05) is 0 Å². The van der Waals surface area contributed by atoms with E-state index >= 15 is 0 Å². The molecule has 3 amide bonds. The summed E-state index contributed by atoms with van der Waals surface area (Å²) in [6.07, 6.45) is -7.96. The molecule has 12 heteroatoms. The van der Waals surface area contributed by atoms with Crippen LogP contribution in [0.25, 0.3) is 0 Å². The van der Waals surface area contributed by atoms with Crippen molar-refractivity contribution >= 4 is 17.7 Å². The third-order valence-corrected chi connectivity index (χ3v) is 5.12. The van der Waals surface area contributed by atoms with E-state index in [1.165, 1.54) is 27.7 Å². The highest BCUT2D eigenvalue weighted by Gasteiger charge is 2.50. The Balaban J connectivity index is 2.29. The van der Waals surface area contributed by atoms with Gasteiger partial charge in [-0.25, -0.2) is 0 Å². The van der Waals surface area contributed by atoms with E-state index in [4.69, 9.17) is 14.2 Å².